The van der Waals surface area contributed by atoms with Crippen molar-refractivity contribution in [1.29, 1.82) is 0 Å². The van der Waals surface area contributed by atoms with Crippen LogP contribution in [0.2, 0.25) is 0 Å². The summed E-state index contributed by atoms with van der Waals surface area (Å²) in [5.41, 5.74) is 6.64. The van der Waals surface area contributed by atoms with E-state index in [1.807, 2.05) is 12.1 Å². The van der Waals surface area contributed by atoms with Crippen molar-refractivity contribution in [3.63, 3.8) is 0 Å². The van der Waals surface area contributed by atoms with Gasteiger partial charge >= 0.3 is 0 Å². The van der Waals surface area contributed by atoms with E-state index in [-0.39, 0.29) is 0 Å². The average Bonchev–Trinajstić information content (AvgIpc) is 2.15. The Kier molecular flexibility index (Phi) is 2.26. The molecule has 0 saturated heterocycles. The lowest BCUT2D eigenvalue weighted by atomic mass is 10.1. The monoisotopic (exact) mass is 300 g/mol. The summed E-state index contributed by atoms with van der Waals surface area (Å²) in [6.07, 6.45) is 3.53. The quantitative estimate of drug-likeness (QED) is 0.758. The van der Waals surface area contributed by atoms with Gasteiger partial charge in [-0.15, -0.1) is 0 Å². The zero-order chi connectivity index (χ0) is 9.42. The summed E-state index contributed by atoms with van der Waals surface area (Å²) in [6, 6.07) is 3.83. The summed E-state index contributed by atoms with van der Waals surface area (Å²) in [5, 5.41) is 2.04. The molecule has 66 valence electrons. The Morgan fingerprint density at radius 1 is 1.15 bits per heavy atom. The molecule has 0 saturated carbocycles. The van der Waals surface area contributed by atoms with Crippen LogP contribution in [0, 0.1) is 0 Å². The average molecular weight is 302 g/mol. The molecule has 2 rings (SSSR count). The third-order valence-corrected chi connectivity index (χ3v) is 3.19. The van der Waals surface area contributed by atoms with Gasteiger partial charge in [-0.3, -0.25) is 4.98 Å². The van der Waals surface area contributed by atoms with E-state index in [4.69, 9.17) is 5.73 Å². The minimum Gasteiger partial charge on any atom is -0.397 e. The van der Waals surface area contributed by atoms with Crippen LogP contribution < -0.4 is 5.73 Å². The van der Waals surface area contributed by atoms with Crippen LogP contribution in [-0.2, 0) is 0 Å². The number of hydrogen-bond acceptors (Lipinski definition) is 2. The zero-order valence-electron chi connectivity index (χ0n) is 6.59. The van der Waals surface area contributed by atoms with Crippen LogP contribution in [0.4, 0.5) is 5.69 Å². The molecule has 0 atom stereocenters. The highest BCUT2D eigenvalue weighted by Gasteiger charge is 2.05. The maximum Gasteiger partial charge on any atom is 0.0540 e. The molecule has 1 aromatic heterocycles. The van der Waals surface area contributed by atoms with E-state index in [0.717, 1.165) is 25.4 Å². The van der Waals surface area contributed by atoms with Gasteiger partial charge in [-0.1, -0.05) is 15.9 Å². The predicted octanol–water partition coefficient (Wildman–Crippen LogP) is 3.34. The lowest BCUT2D eigenvalue weighted by Gasteiger charge is -2.05. The Bertz CT molecular complexity index is 468. The summed E-state index contributed by atoms with van der Waals surface area (Å²) in [6.45, 7) is 0. The molecule has 4 heteroatoms. The van der Waals surface area contributed by atoms with Crippen molar-refractivity contribution in [2.45, 2.75) is 0 Å². The van der Waals surface area contributed by atoms with E-state index >= 15 is 0 Å². The van der Waals surface area contributed by atoms with Crippen molar-refractivity contribution in [1.82, 2.24) is 4.98 Å². The first-order valence-corrected chi connectivity index (χ1v) is 5.26. The van der Waals surface area contributed by atoms with Crippen molar-refractivity contribution in [2.75, 3.05) is 5.73 Å². The number of anilines is 1. The summed E-state index contributed by atoms with van der Waals surface area (Å²) >= 11 is 6.85. The first-order valence-electron chi connectivity index (χ1n) is 3.67. The molecule has 0 spiro atoms. The van der Waals surface area contributed by atoms with Gasteiger partial charge < -0.3 is 5.73 Å². The van der Waals surface area contributed by atoms with Gasteiger partial charge in [0, 0.05) is 32.1 Å². The molecule has 2 aromatic rings. The molecule has 0 fully saturated rings. The summed E-state index contributed by atoms with van der Waals surface area (Å²) in [5.74, 6) is 0. The molecule has 0 bridgehead atoms. The van der Waals surface area contributed by atoms with Gasteiger partial charge in [-0.05, 0) is 28.1 Å². The number of fused-ring (bicyclic) bond motifs is 1. The topological polar surface area (TPSA) is 38.9 Å². The van der Waals surface area contributed by atoms with E-state index in [0.29, 0.717) is 0 Å². The van der Waals surface area contributed by atoms with Gasteiger partial charge in [-0.2, -0.15) is 0 Å². The lowest BCUT2D eigenvalue weighted by Crippen LogP contribution is -1.89. The fourth-order valence-electron chi connectivity index (χ4n) is 1.22. The second-order valence-electron chi connectivity index (χ2n) is 2.68. The maximum atomic E-state index is 5.89. The number of rotatable bonds is 0. The highest BCUT2D eigenvalue weighted by molar-refractivity contribution is 9.11. The Balaban J connectivity index is 2.97. The van der Waals surface area contributed by atoms with E-state index in [1.165, 1.54) is 0 Å². The second kappa shape index (κ2) is 3.27. The number of halogens is 2. The van der Waals surface area contributed by atoms with Crippen LogP contribution in [0.25, 0.3) is 10.8 Å². The Morgan fingerprint density at radius 3 is 2.69 bits per heavy atom. The van der Waals surface area contributed by atoms with Crippen LogP contribution in [0.3, 0.4) is 0 Å². The SMILES string of the molecule is Nc1c(Br)cc(Br)c2cnccc12. The van der Waals surface area contributed by atoms with Gasteiger partial charge in [0.25, 0.3) is 0 Å². The van der Waals surface area contributed by atoms with Gasteiger partial charge in [0.1, 0.15) is 0 Å². The minimum absolute atomic E-state index is 0.751. The van der Waals surface area contributed by atoms with Gasteiger partial charge in [-0.25, -0.2) is 0 Å². The molecule has 2 nitrogen and oxygen atoms in total. The van der Waals surface area contributed by atoms with E-state index in [9.17, 15) is 0 Å². The van der Waals surface area contributed by atoms with Gasteiger partial charge in [0.05, 0.1) is 5.69 Å². The highest BCUT2D eigenvalue weighted by Crippen LogP contribution is 2.33. The van der Waals surface area contributed by atoms with Crippen molar-refractivity contribution in [3.8, 4) is 0 Å². The fraction of sp³-hybridized carbons (Fsp3) is 0. The molecular formula is C9H6Br2N2. The highest BCUT2D eigenvalue weighted by atomic mass is 79.9. The first-order chi connectivity index (χ1) is 6.20. The molecule has 0 aliphatic heterocycles. The van der Waals surface area contributed by atoms with Crippen LogP contribution in [0.5, 0.6) is 0 Å². The molecule has 1 heterocycles. The minimum atomic E-state index is 0.751. The third-order valence-electron chi connectivity index (χ3n) is 1.88. The zero-order valence-corrected chi connectivity index (χ0v) is 9.76. The molecular weight excluding hydrogens is 296 g/mol. The maximum absolute atomic E-state index is 5.89. The number of nitrogen functional groups attached to an aromatic ring is 1. The number of benzene rings is 1. The molecule has 0 aliphatic rings. The number of nitrogens with two attached hydrogens (primary N) is 1. The molecule has 0 aliphatic carbocycles. The largest absolute Gasteiger partial charge is 0.397 e. The number of aromatic nitrogens is 1. The van der Waals surface area contributed by atoms with Crippen molar-refractivity contribution in [2.24, 2.45) is 0 Å². The number of hydrogen-bond donors (Lipinski definition) is 1. The number of pyridine rings is 1. The van der Waals surface area contributed by atoms with E-state index in [1.54, 1.807) is 12.4 Å². The van der Waals surface area contributed by atoms with Crippen LogP contribution in [0.15, 0.2) is 33.5 Å². The van der Waals surface area contributed by atoms with Crippen molar-refractivity contribution >= 4 is 48.3 Å². The van der Waals surface area contributed by atoms with Crippen LogP contribution in [-0.4, -0.2) is 4.98 Å². The fourth-order valence-corrected chi connectivity index (χ4v) is 2.51. The summed E-state index contributed by atoms with van der Waals surface area (Å²) in [7, 11) is 0. The summed E-state index contributed by atoms with van der Waals surface area (Å²) < 4.78 is 1.90. The standard InChI is InChI=1S/C9H6Br2N2/c10-7-3-8(11)9(12)5-1-2-13-4-6(5)7/h1-4H,12H2. The predicted molar refractivity (Wildman–Crippen MR) is 61.6 cm³/mol. The summed E-state index contributed by atoms with van der Waals surface area (Å²) in [4.78, 5) is 4.04. The van der Waals surface area contributed by atoms with Gasteiger partial charge in [0.2, 0.25) is 0 Å². The molecule has 2 N–H and O–H groups in total. The van der Waals surface area contributed by atoms with Crippen LogP contribution >= 0.6 is 31.9 Å². The van der Waals surface area contributed by atoms with E-state index in [2.05, 4.69) is 36.8 Å². The smallest absolute Gasteiger partial charge is 0.0540 e. The molecule has 13 heavy (non-hydrogen) atoms. The molecule has 1 aromatic carbocycles. The second-order valence-corrected chi connectivity index (χ2v) is 4.38. The van der Waals surface area contributed by atoms with Crippen molar-refractivity contribution < 1.29 is 0 Å². The Labute approximate surface area is 92.4 Å². The van der Waals surface area contributed by atoms with Crippen molar-refractivity contribution in [3.05, 3.63) is 33.5 Å². The lowest BCUT2D eigenvalue weighted by molar-refractivity contribution is 1.36. The normalized spacial score (nSPS) is 10.6. The third kappa shape index (κ3) is 1.44. The first kappa shape index (κ1) is 8.97. The van der Waals surface area contributed by atoms with E-state index < -0.39 is 0 Å². The Morgan fingerprint density at radius 2 is 1.92 bits per heavy atom. The molecule has 0 unspecified atom stereocenters. The molecule has 0 amide bonds. The van der Waals surface area contributed by atoms with Gasteiger partial charge in [0.15, 0.2) is 0 Å². The number of nitrogens with zero attached hydrogens (tertiary/aromatic N) is 1. The van der Waals surface area contributed by atoms with Crippen LogP contribution in [0.1, 0.15) is 0 Å². The Hall–Kier alpha value is -0.610. The molecule has 0 radical (unpaired) electrons.